The molecule has 0 atom stereocenters. The first kappa shape index (κ1) is 45.9. The highest BCUT2D eigenvalue weighted by atomic mass is 128. The van der Waals surface area contributed by atoms with E-state index in [1.165, 1.54) is 18.2 Å². The van der Waals surface area contributed by atoms with Gasteiger partial charge < -0.3 is 20.3 Å². The molecule has 2 N–H and O–H groups in total. The number of nitro groups is 1. The third-order valence-corrected chi connectivity index (χ3v) is 5.36. The van der Waals surface area contributed by atoms with Crippen molar-refractivity contribution in [2.45, 2.75) is 33.3 Å². The maximum atomic E-state index is 13.4. The zero-order valence-electron chi connectivity index (χ0n) is 25.9. The third-order valence-electron chi connectivity index (χ3n) is 5.25. The molecule has 0 saturated carbocycles. The van der Waals surface area contributed by atoms with Crippen molar-refractivity contribution in [2.24, 2.45) is 0 Å². The van der Waals surface area contributed by atoms with Crippen molar-refractivity contribution in [3.63, 3.8) is 0 Å². The molecule has 0 aromatic heterocycles. The molecule has 0 aliphatic heterocycles. The average Bonchev–Trinajstić information content (AvgIpc) is 2.97. The van der Waals surface area contributed by atoms with Crippen LogP contribution in [0.25, 0.3) is 0 Å². The SMILES string of the molecule is CCCN(C)c1ccc(N)cc1F.CCCN(C)c1ccc([N+](=O)[O-])cc1F.CS(=O)(=O)Cl.II.O=C(Cl)OCc1ccccc1. The normalized spacial score (nSPS) is 9.72. The summed E-state index contributed by atoms with van der Waals surface area (Å²) in [4.78, 5) is 23.6. The van der Waals surface area contributed by atoms with Crippen molar-refractivity contribution in [2.75, 3.05) is 49.0 Å². The first-order valence-electron chi connectivity index (χ1n) is 13.3. The topological polar surface area (TPSA) is 136 Å². The monoisotopic (exact) mass is 932 g/mol. The molecule has 0 bridgehead atoms. The number of nitrogen functional groups attached to an aromatic ring is 1. The summed E-state index contributed by atoms with van der Waals surface area (Å²) >= 11 is 9.21. The number of ether oxygens (including phenoxy) is 1. The largest absolute Gasteiger partial charge is 0.449 e. The van der Waals surface area contributed by atoms with Crippen molar-refractivity contribution >= 4 is 96.7 Å². The fourth-order valence-electron chi connectivity index (χ4n) is 3.38. The van der Waals surface area contributed by atoms with Crippen LogP contribution in [0.1, 0.15) is 32.3 Å². The van der Waals surface area contributed by atoms with E-state index in [9.17, 15) is 32.1 Å². The summed E-state index contributed by atoms with van der Waals surface area (Å²) < 4.78 is 50.1. The molecule has 3 aromatic rings. The van der Waals surface area contributed by atoms with E-state index in [0.29, 0.717) is 23.6 Å². The van der Waals surface area contributed by atoms with Gasteiger partial charge in [-0.25, -0.2) is 22.0 Å². The van der Waals surface area contributed by atoms with Crippen LogP contribution in [0.3, 0.4) is 0 Å². The van der Waals surface area contributed by atoms with E-state index in [4.69, 9.17) is 17.3 Å². The molecular formula is C29H38Cl2F2I2N4O6S. The third kappa shape index (κ3) is 23.2. The minimum Gasteiger partial charge on any atom is -0.449 e. The fraction of sp³-hybridized carbons (Fsp3) is 0.345. The zero-order chi connectivity index (χ0) is 35.9. The Morgan fingerprint density at radius 2 is 1.37 bits per heavy atom. The maximum Gasteiger partial charge on any atom is 0.404 e. The summed E-state index contributed by atoms with van der Waals surface area (Å²) in [6, 6.07) is 17.8. The van der Waals surface area contributed by atoms with Gasteiger partial charge in [0.1, 0.15) is 12.4 Å². The van der Waals surface area contributed by atoms with Crippen LogP contribution in [0.2, 0.25) is 0 Å². The average molecular weight is 933 g/mol. The quantitative estimate of drug-likeness (QED) is 0.0732. The Hall–Kier alpha value is -2.22. The predicted octanol–water partition coefficient (Wildman–Crippen LogP) is 9.35. The summed E-state index contributed by atoms with van der Waals surface area (Å²) in [5.41, 5.74) is 6.85. The lowest BCUT2D eigenvalue weighted by molar-refractivity contribution is -0.385. The van der Waals surface area contributed by atoms with Crippen molar-refractivity contribution < 1.29 is 31.7 Å². The van der Waals surface area contributed by atoms with Crippen LogP contribution in [-0.4, -0.2) is 52.2 Å². The molecular weight excluding hydrogens is 895 g/mol. The van der Waals surface area contributed by atoms with Crippen LogP contribution in [0.15, 0.2) is 66.7 Å². The number of nitro benzene ring substituents is 1. The van der Waals surface area contributed by atoms with Crippen molar-refractivity contribution in [3.8, 4) is 0 Å². The lowest BCUT2D eigenvalue weighted by Gasteiger charge is -2.18. The van der Waals surface area contributed by atoms with Gasteiger partial charge in [-0.2, -0.15) is 0 Å². The van der Waals surface area contributed by atoms with E-state index in [0.717, 1.165) is 37.3 Å². The number of carbonyl (C=O) groups is 1. The van der Waals surface area contributed by atoms with E-state index in [1.54, 1.807) is 24.1 Å². The highest BCUT2D eigenvalue weighted by Crippen LogP contribution is 2.23. The first-order valence-corrected chi connectivity index (χ1v) is 22.7. The molecule has 0 aliphatic carbocycles. The van der Waals surface area contributed by atoms with Gasteiger partial charge in [-0.1, -0.05) is 44.2 Å². The molecule has 3 aromatic carbocycles. The van der Waals surface area contributed by atoms with Crippen LogP contribution >= 0.6 is 59.5 Å². The fourth-order valence-corrected chi connectivity index (χ4v) is 3.43. The van der Waals surface area contributed by atoms with Gasteiger partial charge in [-0.15, -0.1) is 0 Å². The van der Waals surface area contributed by atoms with Crippen LogP contribution in [-0.2, 0) is 20.4 Å². The molecule has 0 spiro atoms. The van der Waals surface area contributed by atoms with Gasteiger partial charge in [0.25, 0.3) is 5.69 Å². The van der Waals surface area contributed by atoms with E-state index in [1.807, 2.05) is 49.2 Å². The van der Waals surface area contributed by atoms with Crippen LogP contribution in [0, 0.1) is 21.7 Å². The number of anilines is 3. The van der Waals surface area contributed by atoms with E-state index >= 15 is 0 Å². The molecule has 0 heterocycles. The molecule has 258 valence electrons. The Kier molecular flexibility index (Phi) is 25.8. The second kappa shape index (κ2) is 25.8. The minimum absolute atomic E-state index is 0.221. The van der Waals surface area contributed by atoms with Crippen LogP contribution in [0.4, 0.5) is 36.3 Å². The molecule has 0 aliphatic rings. The summed E-state index contributed by atoms with van der Waals surface area (Å²) in [6.45, 7) is 5.85. The Labute approximate surface area is 302 Å². The lowest BCUT2D eigenvalue weighted by atomic mass is 10.2. The summed E-state index contributed by atoms with van der Waals surface area (Å²) in [5.74, 6) is -0.809. The number of benzene rings is 3. The highest BCUT2D eigenvalue weighted by molar-refractivity contribution is 15.0. The van der Waals surface area contributed by atoms with Gasteiger partial charge >= 0.3 is 5.43 Å². The second-order valence-corrected chi connectivity index (χ2v) is 12.5. The van der Waals surface area contributed by atoms with Gasteiger partial charge in [0.15, 0.2) is 5.82 Å². The Morgan fingerprint density at radius 1 is 0.935 bits per heavy atom. The second-order valence-electron chi connectivity index (χ2n) is 9.14. The first-order chi connectivity index (χ1) is 21.5. The highest BCUT2D eigenvalue weighted by Gasteiger charge is 2.12. The van der Waals surface area contributed by atoms with Gasteiger partial charge in [0.2, 0.25) is 9.05 Å². The van der Waals surface area contributed by atoms with E-state index in [-0.39, 0.29) is 18.1 Å². The standard InChI is InChI=1S/C10H13FN2O2.C10H15FN2.C8H7ClO2.CH3ClO2S.I2/c1-3-6-12(2)10-5-4-8(13(14)15)7-9(10)11;1-3-6-13(2)10-5-4-8(12)7-9(10)11;9-8(10)11-6-7-4-2-1-3-5-7;1-5(2,3)4;1-2/h4-5,7H,3,6H2,1-2H3;4-5,7H,3,6,12H2,1-2H3;1-5H,6H2;1H3;. The number of halogens is 6. The molecule has 10 nitrogen and oxygen atoms in total. The van der Waals surface area contributed by atoms with E-state index < -0.39 is 25.2 Å². The number of non-ortho nitro benzene ring substituents is 1. The smallest absolute Gasteiger partial charge is 0.404 e. The zero-order valence-corrected chi connectivity index (χ0v) is 32.6. The van der Waals surface area contributed by atoms with Crippen LogP contribution < -0.4 is 15.5 Å². The van der Waals surface area contributed by atoms with Crippen molar-refractivity contribution in [1.29, 1.82) is 0 Å². The Bertz CT molecular complexity index is 1420. The maximum absolute atomic E-state index is 13.4. The van der Waals surface area contributed by atoms with Crippen molar-refractivity contribution in [1.82, 2.24) is 0 Å². The predicted molar refractivity (Wildman–Crippen MR) is 202 cm³/mol. The molecule has 17 heteroatoms. The molecule has 0 amide bonds. The van der Waals surface area contributed by atoms with Gasteiger partial charge in [-0.3, -0.25) is 10.1 Å². The number of hydrogen-bond donors (Lipinski definition) is 1. The molecule has 0 radical (unpaired) electrons. The van der Waals surface area contributed by atoms with Gasteiger partial charge in [0.05, 0.1) is 28.6 Å². The van der Waals surface area contributed by atoms with E-state index in [2.05, 4.69) is 59.6 Å². The number of hydrogen-bond acceptors (Lipinski definition) is 9. The number of carbonyl (C=O) groups excluding carboxylic acids is 1. The number of nitrogens with zero attached hydrogens (tertiary/aromatic N) is 3. The number of rotatable bonds is 9. The molecule has 3 rings (SSSR count). The summed E-state index contributed by atoms with van der Waals surface area (Å²) in [7, 11) is 4.94. The molecule has 46 heavy (non-hydrogen) atoms. The van der Waals surface area contributed by atoms with Crippen molar-refractivity contribution in [3.05, 3.63) is 94.0 Å². The Morgan fingerprint density at radius 3 is 1.74 bits per heavy atom. The molecule has 0 unspecified atom stereocenters. The molecule has 0 fully saturated rings. The van der Waals surface area contributed by atoms with Crippen LogP contribution in [0.5, 0.6) is 0 Å². The minimum atomic E-state index is -3.19. The lowest BCUT2D eigenvalue weighted by Crippen LogP contribution is -2.18. The van der Waals surface area contributed by atoms with Gasteiger partial charge in [-0.05, 0) is 42.7 Å². The summed E-state index contributed by atoms with van der Waals surface area (Å²) in [5, 5.41) is 10.4. The number of nitrogens with two attached hydrogens (primary N) is 1. The Balaban J connectivity index is 0. The summed E-state index contributed by atoms with van der Waals surface area (Å²) in [6.07, 6.45) is 2.82. The van der Waals surface area contributed by atoms with Gasteiger partial charge in [0, 0.05) is 98.5 Å². The molecule has 0 saturated heterocycles.